The van der Waals surface area contributed by atoms with E-state index >= 15 is 0 Å². The molecule has 3 nitrogen and oxygen atoms in total. The van der Waals surface area contributed by atoms with Gasteiger partial charge in [-0.1, -0.05) is 6.92 Å². The van der Waals surface area contributed by atoms with E-state index in [-0.39, 0.29) is 0 Å². The molecule has 1 aliphatic rings. The van der Waals surface area contributed by atoms with Crippen molar-refractivity contribution in [2.75, 3.05) is 0 Å². The Morgan fingerprint density at radius 3 is 3.17 bits per heavy atom. The zero-order valence-electron chi connectivity index (χ0n) is 7.62. The number of hydrogen-bond donors (Lipinski definition) is 1. The highest BCUT2D eigenvalue weighted by molar-refractivity contribution is 5.10. The standard InChI is InChI=1S/C9H15N3/c1-6-3-8(10)5-12-7(2)4-11-9(6)12/h4,6,8H,3,5,10H2,1-2H3. The lowest BCUT2D eigenvalue weighted by Crippen LogP contribution is -2.34. The van der Waals surface area contributed by atoms with Crippen LogP contribution in [0.4, 0.5) is 0 Å². The van der Waals surface area contributed by atoms with Crippen LogP contribution in [-0.2, 0) is 6.54 Å². The predicted octanol–water partition coefficient (Wildman–Crippen LogP) is 1.03. The Bertz CT molecular complexity index is 290. The van der Waals surface area contributed by atoms with E-state index in [4.69, 9.17) is 5.73 Å². The molecule has 2 rings (SSSR count). The van der Waals surface area contributed by atoms with Crippen LogP contribution in [0.1, 0.15) is 30.8 Å². The molecule has 0 aromatic carbocycles. The monoisotopic (exact) mass is 165 g/mol. The molecule has 3 heteroatoms. The van der Waals surface area contributed by atoms with Gasteiger partial charge in [-0.15, -0.1) is 0 Å². The molecule has 0 aliphatic carbocycles. The van der Waals surface area contributed by atoms with Crippen molar-refractivity contribution < 1.29 is 0 Å². The van der Waals surface area contributed by atoms with Gasteiger partial charge in [-0.2, -0.15) is 0 Å². The molecule has 0 bridgehead atoms. The Balaban J connectivity index is 2.43. The molecule has 0 saturated carbocycles. The Hall–Kier alpha value is -0.830. The number of nitrogens with zero attached hydrogens (tertiary/aromatic N) is 2. The lowest BCUT2D eigenvalue weighted by atomic mass is 9.98. The highest BCUT2D eigenvalue weighted by atomic mass is 15.1. The maximum atomic E-state index is 5.92. The number of rotatable bonds is 0. The largest absolute Gasteiger partial charge is 0.331 e. The zero-order chi connectivity index (χ0) is 8.72. The van der Waals surface area contributed by atoms with Crippen molar-refractivity contribution in [2.45, 2.75) is 38.8 Å². The van der Waals surface area contributed by atoms with Crippen molar-refractivity contribution >= 4 is 0 Å². The minimum atomic E-state index is 0.306. The smallest absolute Gasteiger partial charge is 0.111 e. The first-order valence-electron chi connectivity index (χ1n) is 4.46. The van der Waals surface area contributed by atoms with E-state index in [1.807, 2.05) is 6.20 Å². The van der Waals surface area contributed by atoms with Crippen molar-refractivity contribution in [1.82, 2.24) is 9.55 Å². The van der Waals surface area contributed by atoms with Crippen LogP contribution in [0.5, 0.6) is 0 Å². The molecule has 0 spiro atoms. The number of aromatic nitrogens is 2. The van der Waals surface area contributed by atoms with Crippen molar-refractivity contribution in [3.8, 4) is 0 Å². The molecule has 0 saturated heterocycles. The first-order valence-corrected chi connectivity index (χ1v) is 4.46. The summed E-state index contributed by atoms with van der Waals surface area (Å²) in [6.45, 7) is 5.21. The Labute approximate surface area is 72.6 Å². The summed E-state index contributed by atoms with van der Waals surface area (Å²) in [5.74, 6) is 1.72. The quantitative estimate of drug-likeness (QED) is 0.624. The maximum Gasteiger partial charge on any atom is 0.111 e. The van der Waals surface area contributed by atoms with Crippen LogP contribution >= 0.6 is 0 Å². The van der Waals surface area contributed by atoms with Gasteiger partial charge in [0.2, 0.25) is 0 Å². The summed E-state index contributed by atoms with van der Waals surface area (Å²) in [6, 6.07) is 0.306. The molecular weight excluding hydrogens is 150 g/mol. The molecule has 0 fully saturated rings. The Morgan fingerprint density at radius 1 is 1.67 bits per heavy atom. The average molecular weight is 165 g/mol. The molecule has 2 heterocycles. The third-order valence-corrected chi connectivity index (χ3v) is 2.60. The second kappa shape index (κ2) is 2.59. The van der Waals surface area contributed by atoms with Crippen LogP contribution in [0, 0.1) is 6.92 Å². The van der Waals surface area contributed by atoms with Gasteiger partial charge in [0, 0.05) is 30.4 Å². The lowest BCUT2D eigenvalue weighted by molar-refractivity contribution is 0.403. The number of aryl methyl sites for hydroxylation is 1. The average Bonchev–Trinajstić information content (AvgIpc) is 2.33. The van der Waals surface area contributed by atoms with Crippen LogP contribution in [0.15, 0.2) is 6.20 Å². The minimum Gasteiger partial charge on any atom is -0.331 e. The van der Waals surface area contributed by atoms with E-state index in [0.29, 0.717) is 12.0 Å². The fourth-order valence-corrected chi connectivity index (χ4v) is 1.98. The Morgan fingerprint density at radius 2 is 2.42 bits per heavy atom. The highest BCUT2D eigenvalue weighted by Crippen LogP contribution is 2.25. The molecule has 1 aromatic heterocycles. The summed E-state index contributed by atoms with van der Waals surface area (Å²) in [5, 5.41) is 0. The van der Waals surface area contributed by atoms with Gasteiger partial charge in [0.1, 0.15) is 5.82 Å². The van der Waals surface area contributed by atoms with Gasteiger partial charge in [0.15, 0.2) is 0 Å². The molecule has 0 amide bonds. The van der Waals surface area contributed by atoms with Crippen LogP contribution in [-0.4, -0.2) is 15.6 Å². The fourth-order valence-electron chi connectivity index (χ4n) is 1.98. The van der Waals surface area contributed by atoms with Gasteiger partial charge >= 0.3 is 0 Å². The SMILES string of the molecule is Cc1cnc2n1CC(N)CC2C. The van der Waals surface area contributed by atoms with E-state index in [2.05, 4.69) is 23.4 Å². The summed E-state index contributed by atoms with van der Waals surface area (Å²) in [7, 11) is 0. The summed E-state index contributed by atoms with van der Waals surface area (Å²) < 4.78 is 2.23. The van der Waals surface area contributed by atoms with E-state index in [9.17, 15) is 0 Å². The predicted molar refractivity (Wildman–Crippen MR) is 48.0 cm³/mol. The second-order valence-electron chi connectivity index (χ2n) is 3.77. The zero-order valence-corrected chi connectivity index (χ0v) is 7.62. The van der Waals surface area contributed by atoms with Gasteiger partial charge in [0.25, 0.3) is 0 Å². The van der Waals surface area contributed by atoms with Crippen molar-refractivity contribution in [3.05, 3.63) is 17.7 Å². The molecule has 1 aromatic rings. The van der Waals surface area contributed by atoms with Gasteiger partial charge < -0.3 is 10.3 Å². The van der Waals surface area contributed by atoms with Gasteiger partial charge in [-0.3, -0.25) is 0 Å². The van der Waals surface area contributed by atoms with Crippen LogP contribution < -0.4 is 5.73 Å². The summed E-state index contributed by atoms with van der Waals surface area (Å²) in [5.41, 5.74) is 7.15. The third kappa shape index (κ3) is 1.05. The first kappa shape index (κ1) is 7.80. The Kier molecular flexibility index (Phi) is 1.68. The first-order chi connectivity index (χ1) is 5.68. The number of hydrogen-bond acceptors (Lipinski definition) is 2. The molecular formula is C9H15N3. The number of fused-ring (bicyclic) bond motifs is 1. The van der Waals surface area contributed by atoms with E-state index < -0.39 is 0 Å². The summed E-state index contributed by atoms with van der Waals surface area (Å²) in [6.07, 6.45) is 3.00. The summed E-state index contributed by atoms with van der Waals surface area (Å²) in [4.78, 5) is 4.38. The molecule has 2 N–H and O–H groups in total. The van der Waals surface area contributed by atoms with Crippen molar-refractivity contribution in [2.24, 2.45) is 5.73 Å². The van der Waals surface area contributed by atoms with Crippen LogP contribution in [0.3, 0.4) is 0 Å². The van der Waals surface area contributed by atoms with Crippen molar-refractivity contribution in [3.63, 3.8) is 0 Å². The maximum absolute atomic E-state index is 5.92. The number of imidazole rings is 1. The van der Waals surface area contributed by atoms with Gasteiger partial charge in [-0.25, -0.2) is 4.98 Å². The molecule has 12 heavy (non-hydrogen) atoms. The lowest BCUT2D eigenvalue weighted by Gasteiger charge is -2.26. The van der Waals surface area contributed by atoms with E-state index in [0.717, 1.165) is 13.0 Å². The summed E-state index contributed by atoms with van der Waals surface area (Å²) >= 11 is 0. The van der Waals surface area contributed by atoms with Gasteiger partial charge in [-0.05, 0) is 13.3 Å². The molecule has 1 aliphatic heterocycles. The minimum absolute atomic E-state index is 0.306. The van der Waals surface area contributed by atoms with Crippen LogP contribution in [0.2, 0.25) is 0 Å². The normalized spacial score (nSPS) is 28.6. The third-order valence-electron chi connectivity index (χ3n) is 2.60. The second-order valence-corrected chi connectivity index (χ2v) is 3.77. The van der Waals surface area contributed by atoms with Gasteiger partial charge in [0.05, 0.1) is 0 Å². The highest BCUT2D eigenvalue weighted by Gasteiger charge is 2.23. The fraction of sp³-hybridized carbons (Fsp3) is 0.667. The van der Waals surface area contributed by atoms with Crippen molar-refractivity contribution in [1.29, 1.82) is 0 Å². The molecule has 0 radical (unpaired) electrons. The molecule has 2 unspecified atom stereocenters. The topological polar surface area (TPSA) is 43.8 Å². The molecule has 2 atom stereocenters. The number of nitrogens with two attached hydrogens (primary N) is 1. The molecule has 66 valence electrons. The van der Waals surface area contributed by atoms with Crippen LogP contribution in [0.25, 0.3) is 0 Å². The van der Waals surface area contributed by atoms with E-state index in [1.165, 1.54) is 11.5 Å². The van der Waals surface area contributed by atoms with E-state index in [1.54, 1.807) is 0 Å².